The van der Waals surface area contributed by atoms with Gasteiger partial charge >= 0.3 is 0 Å². The van der Waals surface area contributed by atoms with Crippen LogP contribution in [-0.4, -0.2) is 20.3 Å². The molecule has 3 aromatic rings. The van der Waals surface area contributed by atoms with Crippen LogP contribution in [0.25, 0.3) is 16.2 Å². The van der Waals surface area contributed by atoms with Crippen molar-refractivity contribution >= 4 is 34.3 Å². The normalized spacial score (nSPS) is 19.5. The van der Waals surface area contributed by atoms with E-state index in [1.165, 1.54) is 35.8 Å². The van der Waals surface area contributed by atoms with Crippen molar-refractivity contribution in [2.45, 2.75) is 24.5 Å². The minimum Gasteiger partial charge on any atom is -0.270 e. The van der Waals surface area contributed by atoms with Crippen LogP contribution in [0.4, 0.5) is 0 Å². The molecular formula is C15H15N3S2. The van der Waals surface area contributed by atoms with E-state index < -0.39 is 0 Å². The predicted octanol–water partition coefficient (Wildman–Crippen LogP) is 4.44. The lowest BCUT2D eigenvalue weighted by Crippen LogP contribution is -2.08. The first kappa shape index (κ1) is 12.4. The van der Waals surface area contributed by atoms with Gasteiger partial charge in [0.2, 0.25) is 0 Å². The largest absolute Gasteiger partial charge is 0.270 e. The Morgan fingerprint density at radius 3 is 3.00 bits per heavy atom. The molecule has 4 rings (SSSR count). The van der Waals surface area contributed by atoms with E-state index in [0.717, 1.165) is 11.2 Å². The molecular weight excluding hydrogens is 286 g/mol. The van der Waals surface area contributed by atoms with E-state index in [4.69, 9.17) is 4.98 Å². The molecule has 0 bridgehead atoms. The molecule has 4 heterocycles. The van der Waals surface area contributed by atoms with Gasteiger partial charge in [0.15, 0.2) is 5.65 Å². The Kier molecular flexibility index (Phi) is 3.24. The molecule has 0 aromatic carbocycles. The second-order valence-corrected chi connectivity index (χ2v) is 7.19. The molecule has 102 valence electrons. The standard InChI is InChI=1S/C15H15N3S2/c1-2-9-19-12(6-1)15-17-11-5-3-8-16-14(11)18(15)13-7-4-10-20-13/h3-5,7-8,10,12H,1-2,6,9H2. The van der Waals surface area contributed by atoms with Crippen LogP contribution in [0.15, 0.2) is 35.8 Å². The number of fused-ring (bicyclic) bond motifs is 1. The lowest BCUT2D eigenvalue weighted by atomic mass is 10.2. The maximum Gasteiger partial charge on any atom is 0.165 e. The van der Waals surface area contributed by atoms with E-state index in [1.54, 1.807) is 11.3 Å². The Balaban J connectivity index is 1.92. The molecule has 1 aliphatic heterocycles. The Labute approximate surface area is 126 Å². The first-order chi connectivity index (χ1) is 9.93. The fraction of sp³-hybridized carbons (Fsp3) is 0.333. The molecule has 1 unspecified atom stereocenters. The molecule has 20 heavy (non-hydrogen) atoms. The average Bonchev–Trinajstić information content (AvgIpc) is 3.14. The lowest BCUT2D eigenvalue weighted by molar-refractivity contribution is 0.658. The molecule has 1 aliphatic rings. The number of rotatable bonds is 2. The van der Waals surface area contributed by atoms with Gasteiger partial charge < -0.3 is 0 Å². The smallest absolute Gasteiger partial charge is 0.165 e. The number of pyridine rings is 1. The second kappa shape index (κ2) is 5.22. The van der Waals surface area contributed by atoms with Crippen LogP contribution in [0.3, 0.4) is 0 Å². The highest BCUT2D eigenvalue weighted by molar-refractivity contribution is 7.99. The van der Waals surface area contributed by atoms with Crippen LogP contribution in [0, 0.1) is 0 Å². The quantitative estimate of drug-likeness (QED) is 0.701. The number of hydrogen-bond donors (Lipinski definition) is 0. The van der Waals surface area contributed by atoms with Gasteiger partial charge in [-0.25, -0.2) is 9.97 Å². The Bertz CT molecular complexity index is 712. The van der Waals surface area contributed by atoms with Gasteiger partial charge in [-0.15, -0.1) is 11.3 Å². The van der Waals surface area contributed by atoms with Gasteiger partial charge in [-0.1, -0.05) is 6.42 Å². The van der Waals surface area contributed by atoms with Crippen molar-refractivity contribution in [3.05, 3.63) is 41.7 Å². The Morgan fingerprint density at radius 1 is 1.20 bits per heavy atom. The Morgan fingerprint density at radius 2 is 2.20 bits per heavy atom. The van der Waals surface area contributed by atoms with Crippen LogP contribution in [0.5, 0.6) is 0 Å². The van der Waals surface area contributed by atoms with Crippen molar-refractivity contribution in [3.8, 4) is 5.00 Å². The van der Waals surface area contributed by atoms with Crippen molar-refractivity contribution in [1.82, 2.24) is 14.5 Å². The summed E-state index contributed by atoms with van der Waals surface area (Å²) in [5, 5.41) is 3.83. The molecule has 1 atom stereocenters. The summed E-state index contributed by atoms with van der Waals surface area (Å²) in [7, 11) is 0. The lowest BCUT2D eigenvalue weighted by Gasteiger charge is -2.21. The summed E-state index contributed by atoms with van der Waals surface area (Å²) >= 11 is 3.78. The number of thiophene rings is 1. The number of aromatic nitrogens is 3. The van der Waals surface area contributed by atoms with Crippen molar-refractivity contribution in [1.29, 1.82) is 0 Å². The van der Waals surface area contributed by atoms with Gasteiger partial charge in [-0.3, -0.25) is 4.57 Å². The second-order valence-electron chi connectivity index (χ2n) is 4.96. The van der Waals surface area contributed by atoms with Crippen LogP contribution >= 0.6 is 23.1 Å². The van der Waals surface area contributed by atoms with Crippen LogP contribution in [0.1, 0.15) is 30.3 Å². The van der Waals surface area contributed by atoms with E-state index in [2.05, 4.69) is 33.1 Å². The molecule has 0 aliphatic carbocycles. The molecule has 5 heteroatoms. The molecule has 0 spiro atoms. The molecule has 0 N–H and O–H groups in total. The van der Waals surface area contributed by atoms with Crippen molar-refractivity contribution in [2.24, 2.45) is 0 Å². The summed E-state index contributed by atoms with van der Waals surface area (Å²) in [6.07, 6.45) is 5.71. The highest BCUT2D eigenvalue weighted by Gasteiger charge is 2.24. The number of imidazole rings is 1. The van der Waals surface area contributed by atoms with E-state index in [-0.39, 0.29) is 0 Å². The molecule has 3 aromatic heterocycles. The van der Waals surface area contributed by atoms with Crippen LogP contribution in [-0.2, 0) is 0 Å². The molecule has 1 saturated heterocycles. The third kappa shape index (κ3) is 2.05. The van der Waals surface area contributed by atoms with Crippen molar-refractivity contribution < 1.29 is 0 Å². The third-order valence-corrected chi connectivity index (χ3v) is 5.86. The summed E-state index contributed by atoms with van der Waals surface area (Å²) in [4.78, 5) is 9.43. The van der Waals surface area contributed by atoms with Crippen LogP contribution < -0.4 is 0 Å². The number of hydrogen-bond acceptors (Lipinski definition) is 4. The minimum atomic E-state index is 0.500. The number of nitrogens with zero attached hydrogens (tertiary/aromatic N) is 3. The maximum atomic E-state index is 4.88. The van der Waals surface area contributed by atoms with Gasteiger partial charge in [0.05, 0.1) is 5.25 Å². The highest BCUT2D eigenvalue weighted by atomic mass is 32.2. The molecule has 0 amide bonds. The predicted molar refractivity (Wildman–Crippen MR) is 85.8 cm³/mol. The first-order valence-corrected chi connectivity index (χ1v) is 8.85. The fourth-order valence-corrected chi connectivity index (χ4v) is 4.74. The zero-order valence-corrected chi connectivity index (χ0v) is 12.7. The van der Waals surface area contributed by atoms with Gasteiger partial charge in [0.1, 0.15) is 16.3 Å². The van der Waals surface area contributed by atoms with E-state index in [9.17, 15) is 0 Å². The first-order valence-electron chi connectivity index (χ1n) is 6.92. The number of thioether (sulfide) groups is 1. The molecule has 0 saturated carbocycles. The summed E-state index contributed by atoms with van der Waals surface area (Å²) in [5.74, 6) is 2.41. The summed E-state index contributed by atoms with van der Waals surface area (Å²) in [6.45, 7) is 0. The van der Waals surface area contributed by atoms with Gasteiger partial charge in [0, 0.05) is 6.20 Å². The van der Waals surface area contributed by atoms with Gasteiger partial charge in [-0.05, 0) is 48.2 Å². The SMILES string of the molecule is c1csc(-n2c(C3CCCCS3)nc3cccnc32)c1. The monoisotopic (exact) mass is 301 g/mol. The topological polar surface area (TPSA) is 30.7 Å². The van der Waals surface area contributed by atoms with Crippen LogP contribution in [0.2, 0.25) is 0 Å². The summed E-state index contributed by atoms with van der Waals surface area (Å²) in [6, 6.07) is 8.26. The van der Waals surface area contributed by atoms with E-state index in [1.807, 2.05) is 24.0 Å². The highest BCUT2D eigenvalue weighted by Crippen LogP contribution is 2.40. The minimum absolute atomic E-state index is 0.500. The Hall–Kier alpha value is -1.33. The summed E-state index contributed by atoms with van der Waals surface area (Å²) < 4.78 is 2.25. The maximum absolute atomic E-state index is 4.88. The zero-order valence-electron chi connectivity index (χ0n) is 11.0. The fourth-order valence-electron chi connectivity index (χ4n) is 2.70. The summed E-state index contributed by atoms with van der Waals surface area (Å²) in [5.41, 5.74) is 1.98. The van der Waals surface area contributed by atoms with E-state index in [0.29, 0.717) is 5.25 Å². The zero-order chi connectivity index (χ0) is 13.4. The molecule has 0 radical (unpaired) electrons. The van der Waals surface area contributed by atoms with E-state index >= 15 is 0 Å². The molecule has 1 fully saturated rings. The van der Waals surface area contributed by atoms with Crippen molar-refractivity contribution in [3.63, 3.8) is 0 Å². The van der Waals surface area contributed by atoms with Crippen molar-refractivity contribution in [2.75, 3.05) is 5.75 Å². The molecule has 3 nitrogen and oxygen atoms in total. The third-order valence-electron chi connectivity index (χ3n) is 3.64. The van der Waals surface area contributed by atoms with Gasteiger partial charge in [-0.2, -0.15) is 11.8 Å². The average molecular weight is 301 g/mol. The van der Waals surface area contributed by atoms with Gasteiger partial charge in [0.25, 0.3) is 0 Å².